The molecule has 0 aliphatic carbocycles. The Kier molecular flexibility index (Phi) is 11.8. The van der Waals surface area contributed by atoms with E-state index in [1.54, 1.807) is 0 Å². The van der Waals surface area contributed by atoms with Crippen molar-refractivity contribution >= 4 is 11.9 Å². The number of aliphatic carboxylic acids is 2. The number of fused-ring (bicyclic) bond motifs is 1. The highest BCUT2D eigenvalue weighted by molar-refractivity contribution is 5.73. The molecule has 0 spiro atoms. The van der Waals surface area contributed by atoms with Gasteiger partial charge in [-0.25, -0.2) is 14.6 Å². The molecule has 4 heterocycles. The number of hydrogen-bond donors (Lipinski definition) is 2. The molecule has 0 amide bonds. The minimum absolute atomic E-state index is 0.252. The van der Waals surface area contributed by atoms with Gasteiger partial charge in [-0.2, -0.15) is 31.4 Å². The van der Waals surface area contributed by atoms with Crippen LogP contribution in [0.15, 0.2) is 43.1 Å². The molecule has 1 aliphatic rings. The van der Waals surface area contributed by atoms with Crippen LogP contribution < -0.4 is 0 Å². The minimum Gasteiger partial charge on any atom is -0.475 e. The molecule has 11 nitrogen and oxygen atoms in total. The van der Waals surface area contributed by atoms with Gasteiger partial charge < -0.3 is 19.5 Å². The topological polar surface area (TPSA) is 136 Å². The Morgan fingerprint density at radius 2 is 1.71 bits per heavy atom. The van der Waals surface area contributed by atoms with E-state index >= 15 is 0 Å². The predicted octanol–water partition coefficient (Wildman–Crippen LogP) is 3.84. The second kappa shape index (κ2) is 14.6. The first-order valence-electron chi connectivity index (χ1n) is 11.9. The molecule has 0 bridgehead atoms. The van der Waals surface area contributed by atoms with Gasteiger partial charge in [-0.15, -0.1) is 0 Å². The van der Waals surface area contributed by atoms with Crippen LogP contribution >= 0.6 is 0 Å². The highest BCUT2D eigenvalue weighted by Crippen LogP contribution is 2.23. The molecular formula is C24H28F6N6O5. The molecule has 4 rings (SSSR count). The third kappa shape index (κ3) is 11.2. The zero-order valence-corrected chi connectivity index (χ0v) is 21.9. The molecule has 0 fully saturated rings. The van der Waals surface area contributed by atoms with Gasteiger partial charge in [0.15, 0.2) is 0 Å². The zero-order valence-electron chi connectivity index (χ0n) is 21.9. The van der Waals surface area contributed by atoms with Crippen molar-refractivity contribution in [3.63, 3.8) is 0 Å². The molecule has 1 aliphatic heterocycles. The number of halogens is 6. The third-order valence-electron chi connectivity index (χ3n) is 5.40. The minimum atomic E-state index is -5.08. The first-order chi connectivity index (χ1) is 19.1. The Morgan fingerprint density at radius 3 is 2.24 bits per heavy atom. The lowest BCUT2D eigenvalue weighted by atomic mass is 10.2. The number of carboxylic acids is 2. The summed E-state index contributed by atoms with van der Waals surface area (Å²) in [5.74, 6) is -5.51. The smallest absolute Gasteiger partial charge is 0.475 e. The number of alkyl halides is 6. The predicted molar refractivity (Wildman–Crippen MR) is 129 cm³/mol. The lowest BCUT2D eigenvalue weighted by molar-refractivity contribution is -0.193. The SMILES string of the molecule is CCn1cc(CN2Cc3cncn3C(COCc3cccc(C)n3)C2)cn1.O=C(O)C(F)(F)F.O=C(O)C(F)(F)F. The van der Waals surface area contributed by atoms with Crippen molar-refractivity contribution in [1.82, 2.24) is 29.2 Å². The molecule has 0 radical (unpaired) electrons. The third-order valence-corrected chi connectivity index (χ3v) is 5.40. The fourth-order valence-corrected chi connectivity index (χ4v) is 3.61. The number of imidazole rings is 1. The summed E-state index contributed by atoms with van der Waals surface area (Å²) in [7, 11) is 0. The fourth-order valence-electron chi connectivity index (χ4n) is 3.61. The van der Waals surface area contributed by atoms with E-state index in [-0.39, 0.29) is 6.04 Å². The summed E-state index contributed by atoms with van der Waals surface area (Å²) in [4.78, 5) is 29.1. The van der Waals surface area contributed by atoms with Gasteiger partial charge in [-0.05, 0) is 26.0 Å². The second-order valence-electron chi connectivity index (χ2n) is 8.71. The molecule has 1 unspecified atom stereocenters. The molecule has 1 atom stereocenters. The van der Waals surface area contributed by atoms with Crippen molar-refractivity contribution in [2.24, 2.45) is 0 Å². The number of ether oxygens (including phenoxy) is 1. The Labute approximate surface area is 230 Å². The zero-order chi connectivity index (χ0) is 30.8. The maximum absolute atomic E-state index is 10.6. The summed E-state index contributed by atoms with van der Waals surface area (Å²) < 4.78 is 73.7. The van der Waals surface area contributed by atoms with Crippen molar-refractivity contribution < 1.29 is 50.9 Å². The van der Waals surface area contributed by atoms with E-state index in [0.717, 1.165) is 37.6 Å². The van der Waals surface area contributed by atoms with Crippen molar-refractivity contribution in [3.8, 4) is 0 Å². The highest BCUT2D eigenvalue weighted by atomic mass is 19.4. The van der Waals surface area contributed by atoms with Crippen LogP contribution in [-0.2, 0) is 40.6 Å². The number of carbonyl (C=O) groups is 2. The van der Waals surface area contributed by atoms with E-state index in [2.05, 4.69) is 37.7 Å². The molecule has 0 saturated heterocycles. The number of aromatic nitrogens is 5. The molecule has 17 heteroatoms. The van der Waals surface area contributed by atoms with Gasteiger partial charge in [0.25, 0.3) is 0 Å². The number of hydrogen-bond acceptors (Lipinski definition) is 7. The first-order valence-corrected chi connectivity index (χ1v) is 11.9. The van der Waals surface area contributed by atoms with Crippen LogP contribution in [-0.4, -0.2) is 76.9 Å². The van der Waals surface area contributed by atoms with E-state index in [4.69, 9.17) is 24.5 Å². The Bertz CT molecular complexity index is 1250. The number of nitrogens with zero attached hydrogens (tertiary/aromatic N) is 6. The van der Waals surface area contributed by atoms with Crippen molar-refractivity contribution in [2.45, 2.75) is 58.5 Å². The summed E-state index contributed by atoms with van der Waals surface area (Å²) in [6.07, 6.45) is -2.21. The monoisotopic (exact) mass is 594 g/mol. The van der Waals surface area contributed by atoms with E-state index < -0.39 is 24.3 Å². The van der Waals surface area contributed by atoms with Crippen LogP contribution in [0.2, 0.25) is 0 Å². The van der Waals surface area contributed by atoms with Gasteiger partial charge >= 0.3 is 24.3 Å². The molecule has 0 aromatic carbocycles. The van der Waals surface area contributed by atoms with Crippen LogP contribution in [0.1, 0.15) is 35.6 Å². The van der Waals surface area contributed by atoms with Crippen LogP contribution in [0, 0.1) is 6.92 Å². The summed E-state index contributed by atoms with van der Waals surface area (Å²) >= 11 is 0. The largest absolute Gasteiger partial charge is 0.490 e. The van der Waals surface area contributed by atoms with Gasteiger partial charge in [0.2, 0.25) is 0 Å². The molecule has 3 aromatic heterocycles. The number of pyridine rings is 1. The van der Waals surface area contributed by atoms with Gasteiger partial charge in [-0.3, -0.25) is 14.6 Å². The molecule has 2 N–H and O–H groups in total. The van der Waals surface area contributed by atoms with Gasteiger partial charge in [0.1, 0.15) is 0 Å². The van der Waals surface area contributed by atoms with E-state index in [1.807, 2.05) is 48.5 Å². The summed E-state index contributed by atoms with van der Waals surface area (Å²) in [5.41, 5.74) is 4.46. The number of carboxylic acid groups (broad SMARTS) is 2. The Morgan fingerprint density at radius 1 is 1.07 bits per heavy atom. The average molecular weight is 595 g/mol. The van der Waals surface area contributed by atoms with Crippen molar-refractivity contribution in [3.05, 3.63) is 65.8 Å². The second-order valence-corrected chi connectivity index (χ2v) is 8.71. The molecule has 41 heavy (non-hydrogen) atoms. The molecule has 3 aromatic rings. The van der Waals surface area contributed by atoms with Gasteiger partial charge in [-0.1, -0.05) is 6.07 Å². The van der Waals surface area contributed by atoms with E-state index in [9.17, 15) is 26.3 Å². The summed E-state index contributed by atoms with van der Waals surface area (Å²) in [6, 6.07) is 6.28. The van der Waals surface area contributed by atoms with Crippen molar-refractivity contribution in [1.29, 1.82) is 0 Å². The maximum Gasteiger partial charge on any atom is 0.490 e. The van der Waals surface area contributed by atoms with E-state index in [0.29, 0.717) is 13.2 Å². The highest BCUT2D eigenvalue weighted by Gasteiger charge is 2.38. The van der Waals surface area contributed by atoms with Crippen LogP contribution in [0.25, 0.3) is 0 Å². The average Bonchev–Trinajstić information content (AvgIpc) is 3.53. The maximum atomic E-state index is 10.6. The standard InChI is InChI=1S/C20H26N6O.2C2HF3O2/c1-3-25-10-17(7-22-25)9-24-11-19-8-21-15-26(19)20(12-24)14-27-13-18-6-4-5-16(2)23-18;2*3-2(4,5)1(6)7/h4-8,10,15,20H,3,9,11-14H2,1-2H3;2*(H,6,7). The fraction of sp³-hybridized carbons (Fsp3) is 0.458. The van der Waals surface area contributed by atoms with Crippen LogP contribution in [0.3, 0.4) is 0 Å². The summed E-state index contributed by atoms with van der Waals surface area (Å²) in [6.45, 7) is 8.90. The first kappa shape index (κ1) is 33.2. The molecule has 0 saturated carbocycles. The number of rotatable bonds is 7. The normalized spacial score (nSPS) is 15.2. The van der Waals surface area contributed by atoms with Gasteiger partial charge in [0, 0.05) is 49.8 Å². The quantitative estimate of drug-likeness (QED) is 0.391. The van der Waals surface area contributed by atoms with Crippen molar-refractivity contribution in [2.75, 3.05) is 13.2 Å². The van der Waals surface area contributed by atoms with Crippen LogP contribution in [0.4, 0.5) is 26.3 Å². The molecule has 226 valence electrons. The van der Waals surface area contributed by atoms with Crippen LogP contribution in [0.5, 0.6) is 0 Å². The van der Waals surface area contributed by atoms with Gasteiger partial charge in [0.05, 0.1) is 43.2 Å². The Hall–Kier alpha value is -3.99. The number of aryl methyl sites for hydroxylation is 2. The van der Waals surface area contributed by atoms with E-state index in [1.165, 1.54) is 11.3 Å². The lowest BCUT2D eigenvalue weighted by Crippen LogP contribution is -2.38. The Balaban J connectivity index is 0.000000349. The molecular weight excluding hydrogens is 566 g/mol. The summed E-state index contributed by atoms with van der Waals surface area (Å²) in [5, 5.41) is 18.6. The lowest BCUT2D eigenvalue weighted by Gasteiger charge is -2.34.